The predicted octanol–water partition coefficient (Wildman–Crippen LogP) is 5.75. The van der Waals surface area contributed by atoms with Crippen molar-refractivity contribution in [3.8, 4) is 28.8 Å². The van der Waals surface area contributed by atoms with Crippen LogP contribution in [0.4, 0.5) is 0 Å². The van der Waals surface area contributed by atoms with Crippen molar-refractivity contribution in [2.45, 2.75) is 57.7 Å². The van der Waals surface area contributed by atoms with Crippen molar-refractivity contribution in [1.29, 1.82) is 5.26 Å². The Labute approximate surface area is 204 Å². The van der Waals surface area contributed by atoms with Crippen molar-refractivity contribution < 1.29 is 9.47 Å². The fourth-order valence-electron chi connectivity index (χ4n) is 4.97. The molecule has 35 heavy (non-hydrogen) atoms. The van der Waals surface area contributed by atoms with Gasteiger partial charge in [0, 0.05) is 17.5 Å². The Hall–Kier alpha value is -3.79. The summed E-state index contributed by atoms with van der Waals surface area (Å²) in [6.07, 6.45) is 9.44. The number of benzene rings is 2. The van der Waals surface area contributed by atoms with E-state index >= 15 is 0 Å². The summed E-state index contributed by atoms with van der Waals surface area (Å²) in [5.41, 5.74) is 3.82. The molecule has 0 radical (unpaired) electrons. The Morgan fingerprint density at radius 2 is 1.89 bits per heavy atom. The van der Waals surface area contributed by atoms with Crippen LogP contribution in [-0.4, -0.2) is 32.0 Å². The molecule has 2 aromatic heterocycles. The molecule has 2 heterocycles. The lowest BCUT2D eigenvalue weighted by atomic mass is 9.92. The van der Waals surface area contributed by atoms with Gasteiger partial charge in [-0.2, -0.15) is 10.4 Å². The first-order chi connectivity index (χ1) is 17.2. The van der Waals surface area contributed by atoms with Crippen LogP contribution >= 0.6 is 0 Å². The third kappa shape index (κ3) is 4.25. The maximum Gasteiger partial charge on any atom is 0.137 e. The van der Waals surface area contributed by atoms with Crippen molar-refractivity contribution in [2.75, 3.05) is 6.61 Å². The maximum absolute atomic E-state index is 10.2. The van der Waals surface area contributed by atoms with E-state index < -0.39 is 0 Å². The van der Waals surface area contributed by atoms with Crippen LogP contribution in [0.5, 0.6) is 11.5 Å². The molecule has 7 nitrogen and oxygen atoms in total. The molecule has 2 aliphatic rings. The second-order valence-electron chi connectivity index (χ2n) is 9.66. The molecule has 1 atom stereocenters. The molecule has 2 aliphatic carbocycles. The van der Waals surface area contributed by atoms with E-state index in [0.29, 0.717) is 25.1 Å². The molecule has 2 aromatic carbocycles. The van der Waals surface area contributed by atoms with Gasteiger partial charge in [-0.15, -0.1) is 0 Å². The van der Waals surface area contributed by atoms with E-state index in [1.807, 2.05) is 24.3 Å². The molecule has 178 valence electrons. The number of fused-ring (bicyclic) bond motifs is 1. The van der Waals surface area contributed by atoms with Gasteiger partial charge in [-0.3, -0.25) is 0 Å². The summed E-state index contributed by atoms with van der Waals surface area (Å²) in [7, 11) is 0. The SMILES string of the molecule is CC(Oc1ccc(-c2c(C#N)c3ccc(OCCn4cncn4)cc3n2C2CCC2)cc1)C1CC1. The molecular formula is C28H29N5O2. The number of nitriles is 1. The first kappa shape index (κ1) is 21.7. The van der Waals surface area contributed by atoms with Crippen LogP contribution in [0.3, 0.4) is 0 Å². The predicted molar refractivity (Wildman–Crippen MR) is 133 cm³/mol. The van der Waals surface area contributed by atoms with Crippen molar-refractivity contribution in [3.63, 3.8) is 0 Å². The summed E-state index contributed by atoms with van der Waals surface area (Å²) in [6.45, 7) is 3.28. The third-order valence-electron chi connectivity index (χ3n) is 7.32. The van der Waals surface area contributed by atoms with E-state index in [1.54, 1.807) is 11.0 Å². The first-order valence-corrected chi connectivity index (χ1v) is 12.5. The topological polar surface area (TPSA) is 77.9 Å². The van der Waals surface area contributed by atoms with Crippen molar-refractivity contribution in [1.82, 2.24) is 19.3 Å². The van der Waals surface area contributed by atoms with Crippen LogP contribution in [-0.2, 0) is 6.54 Å². The number of aromatic nitrogens is 4. The highest BCUT2D eigenvalue weighted by Crippen LogP contribution is 2.43. The largest absolute Gasteiger partial charge is 0.492 e. The van der Waals surface area contributed by atoms with Gasteiger partial charge < -0.3 is 14.0 Å². The van der Waals surface area contributed by atoms with Gasteiger partial charge in [0.15, 0.2) is 0 Å². The Balaban J connectivity index is 1.33. The molecule has 2 fully saturated rings. The molecule has 6 rings (SSSR count). The highest BCUT2D eigenvalue weighted by molar-refractivity contribution is 5.95. The monoisotopic (exact) mass is 467 g/mol. The van der Waals surface area contributed by atoms with Gasteiger partial charge in [0.1, 0.15) is 36.8 Å². The van der Waals surface area contributed by atoms with Crippen LogP contribution in [0.2, 0.25) is 0 Å². The normalized spacial score (nSPS) is 16.6. The first-order valence-electron chi connectivity index (χ1n) is 12.5. The van der Waals surface area contributed by atoms with Gasteiger partial charge in [0.25, 0.3) is 0 Å². The third-order valence-corrected chi connectivity index (χ3v) is 7.32. The number of ether oxygens (including phenoxy) is 2. The molecule has 0 aliphatic heterocycles. The summed E-state index contributed by atoms with van der Waals surface area (Å²) in [5, 5.41) is 15.3. The Morgan fingerprint density at radius 1 is 1.09 bits per heavy atom. The van der Waals surface area contributed by atoms with E-state index in [0.717, 1.165) is 52.1 Å². The maximum atomic E-state index is 10.2. The molecule has 2 saturated carbocycles. The highest BCUT2D eigenvalue weighted by atomic mass is 16.5. The van der Waals surface area contributed by atoms with Gasteiger partial charge in [-0.1, -0.05) is 0 Å². The van der Waals surface area contributed by atoms with Gasteiger partial charge in [0.2, 0.25) is 0 Å². The van der Waals surface area contributed by atoms with E-state index in [1.165, 1.54) is 25.6 Å². The summed E-state index contributed by atoms with van der Waals surface area (Å²) >= 11 is 0. The fourth-order valence-corrected chi connectivity index (χ4v) is 4.97. The second-order valence-corrected chi connectivity index (χ2v) is 9.66. The molecule has 1 unspecified atom stereocenters. The minimum Gasteiger partial charge on any atom is -0.492 e. The molecule has 0 spiro atoms. The summed E-state index contributed by atoms with van der Waals surface area (Å²) < 4.78 is 16.3. The Kier molecular flexibility index (Phi) is 5.65. The number of hydrogen-bond donors (Lipinski definition) is 0. The van der Waals surface area contributed by atoms with Crippen LogP contribution < -0.4 is 9.47 Å². The lowest BCUT2D eigenvalue weighted by molar-refractivity contribution is 0.198. The Morgan fingerprint density at radius 3 is 2.54 bits per heavy atom. The summed E-state index contributed by atoms with van der Waals surface area (Å²) in [5.74, 6) is 2.37. The van der Waals surface area contributed by atoms with Crippen molar-refractivity contribution in [3.05, 3.63) is 60.7 Å². The van der Waals surface area contributed by atoms with Crippen LogP contribution in [0, 0.1) is 17.2 Å². The quantitative estimate of drug-likeness (QED) is 0.313. The molecule has 0 amide bonds. The van der Waals surface area contributed by atoms with Crippen LogP contribution in [0.1, 0.15) is 50.6 Å². The molecule has 0 saturated heterocycles. The lowest BCUT2D eigenvalue weighted by Gasteiger charge is -2.30. The molecule has 7 heteroatoms. The zero-order valence-corrected chi connectivity index (χ0v) is 19.9. The molecule has 4 aromatic rings. The average Bonchev–Trinajstić information content (AvgIpc) is 3.49. The van der Waals surface area contributed by atoms with Crippen LogP contribution in [0.15, 0.2) is 55.1 Å². The minimum absolute atomic E-state index is 0.250. The van der Waals surface area contributed by atoms with Gasteiger partial charge >= 0.3 is 0 Å². The van der Waals surface area contributed by atoms with Crippen molar-refractivity contribution in [2.24, 2.45) is 5.92 Å². The van der Waals surface area contributed by atoms with Gasteiger partial charge in [-0.25, -0.2) is 9.67 Å². The number of hydrogen-bond acceptors (Lipinski definition) is 5. The smallest absolute Gasteiger partial charge is 0.137 e. The molecule has 0 N–H and O–H groups in total. The van der Waals surface area contributed by atoms with Crippen molar-refractivity contribution >= 4 is 10.9 Å². The van der Waals surface area contributed by atoms with E-state index in [-0.39, 0.29) is 6.10 Å². The van der Waals surface area contributed by atoms with Gasteiger partial charge in [0.05, 0.1) is 29.4 Å². The molecule has 0 bridgehead atoms. The molecular weight excluding hydrogens is 438 g/mol. The number of nitrogens with zero attached hydrogens (tertiary/aromatic N) is 5. The zero-order chi connectivity index (χ0) is 23.8. The number of rotatable bonds is 9. The average molecular weight is 468 g/mol. The van der Waals surface area contributed by atoms with E-state index in [9.17, 15) is 5.26 Å². The Bertz CT molecular complexity index is 1360. The lowest BCUT2D eigenvalue weighted by Crippen LogP contribution is -2.18. The standard InChI is InChI=1S/C28H29N5O2/c1-19(20-5-6-20)35-23-9-7-21(8-10-23)28-26(16-29)25-12-11-24(34-14-13-32-18-30-17-31-32)15-27(25)33(28)22-3-2-4-22/h7-12,15,17-20,22H,2-6,13-14H2,1H3. The van der Waals surface area contributed by atoms with E-state index in [4.69, 9.17) is 9.47 Å². The summed E-state index contributed by atoms with van der Waals surface area (Å²) in [6, 6.07) is 17.2. The second kappa shape index (κ2) is 9.10. The zero-order valence-electron chi connectivity index (χ0n) is 19.9. The minimum atomic E-state index is 0.250. The highest BCUT2D eigenvalue weighted by Gasteiger charge is 2.30. The fraction of sp³-hybridized carbons (Fsp3) is 0.393. The van der Waals surface area contributed by atoms with Gasteiger partial charge in [-0.05, 0) is 86.9 Å². The van der Waals surface area contributed by atoms with E-state index in [2.05, 4.69) is 45.8 Å². The van der Waals surface area contributed by atoms with Crippen LogP contribution in [0.25, 0.3) is 22.2 Å². The summed E-state index contributed by atoms with van der Waals surface area (Å²) in [4.78, 5) is 3.97.